The fourth-order valence-electron chi connectivity index (χ4n) is 4.64. The molecule has 8 nitrogen and oxygen atoms in total. The van der Waals surface area contributed by atoms with E-state index in [1.165, 1.54) is 14.2 Å². The van der Waals surface area contributed by atoms with E-state index in [0.717, 1.165) is 25.8 Å². The van der Waals surface area contributed by atoms with Gasteiger partial charge in [-0.25, -0.2) is 9.59 Å². The lowest BCUT2D eigenvalue weighted by molar-refractivity contribution is -0.147. The number of carbonyl (C=O) groups is 2. The van der Waals surface area contributed by atoms with Gasteiger partial charge in [0.2, 0.25) is 0 Å². The predicted molar refractivity (Wildman–Crippen MR) is 146 cm³/mol. The molecule has 0 bridgehead atoms. The number of fused-ring (bicyclic) bond motifs is 3. The van der Waals surface area contributed by atoms with Crippen LogP contribution in [0.5, 0.6) is 5.75 Å². The Morgan fingerprint density at radius 1 is 0.973 bits per heavy atom. The molecule has 0 saturated carbocycles. The molecular formula is C28H28INO7. The van der Waals surface area contributed by atoms with Crippen molar-refractivity contribution in [3.8, 4) is 16.9 Å². The van der Waals surface area contributed by atoms with Crippen LogP contribution in [0.15, 0.2) is 66.7 Å². The number of carboxylic acid groups (broad SMARTS) is 1. The van der Waals surface area contributed by atoms with E-state index < -0.39 is 17.6 Å². The maximum absolute atomic E-state index is 13.0. The van der Waals surface area contributed by atoms with Crippen LogP contribution in [0, 0.1) is 3.57 Å². The number of aliphatic carboxylic acids is 1. The number of nitrogens with one attached hydrogen (secondary N) is 1. The maximum atomic E-state index is 13.0. The second-order valence-corrected chi connectivity index (χ2v) is 9.93. The van der Waals surface area contributed by atoms with Gasteiger partial charge >= 0.3 is 12.1 Å². The zero-order chi connectivity index (χ0) is 26.4. The Balaban J connectivity index is 1.50. The smallest absolute Gasteiger partial charge is 0.408 e. The van der Waals surface area contributed by atoms with E-state index in [0.29, 0.717) is 11.3 Å². The molecule has 194 valence electrons. The van der Waals surface area contributed by atoms with Crippen LogP contribution >= 0.6 is 22.6 Å². The summed E-state index contributed by atoms with van der Waals surface area (Å²) in [6, 6.07) is 21.3. The standard InChI is InChI=1S/C28H28INO7/c1-34-16-28(26(31)32,14-18-11-12-25(24(29)13-18)37-17-35-2)30-27(33)36-15-23-21-9-5-3-7-19(21)20-8-4-6-10-22(20)23/h3-13,23H,14-17H2,1-2H3,(H,30,33)(H,31,32). The van der Waals surface area contributed by atoms with E-state index in [1.807, 2.05) is 36.4 Å². The molecule has 0 saturated heterocycles. The van der Waals surface area contributed by atoms with Gasteiger partial charge in [0.15, 0.2) is 12.3 Å². The molecule has 9 heteroatoms. The number of carboxylic acids is 1. The molecule has 1 amide bonds. The summed E-state index contributed by atoms with van der Waals surface area (Å²) < 4.78 is 22.1. The Morgan fingerprint density at radius 2 is 1.62 bits per heavy atom. The van der Waals surface area contributed by atoms with Crippen LogP contribution in [0.4, 0.5) is 4.79 Å². The third-order valence-corrected chi connectivity index (χ3v) is 7.16. The number of methoxy groups -OCH3 is 2. The van der Waals surface area contributed by atoms with Crippen LogP contribution in [0.1, 0.15) is 22.6 Å². The van der Waals surface area contributed by atoms with Gasteiger partial charge in [-0.15, -0.1) is 0 Å². The summed E-state index contributed by atoms with van der Waals surface area (Å²) in [4.78, 5) is 25.4. The van der Waals surface area contributed by atoms with Gasteiger partial charge in [-0.2, -0.15) is 0 Å². The van der Waals surface area contributed by atoms with Crippen molar-refractivity contribution in [1.82, 2.24) is 5.32 Å². The molecule has 37 heavy (non-hydrogen) atoms. The quantitative estimate of drug-likeness (QED) is 0.235. The number of hydrogen-bond acceptors (Lipinski definition) is 6. The number of rotatable bonds is 11. The number of amides is 1. The first kappa shape index (κ1) is 26.9. The number of ether oxygens (including phenoxy) is 4. The van der Waals surface area contributed by atoms with Crippen LogP contribution in [-0.2, 0) is 25.4 Å². The van der Waals surface area contributed by atoms with E-state index in [1.54, 1.807) is 18.2 Å². The minimum absolute atomic E-state index is 0.0130. The first-order valence-corrected chi connectivity index (χ1v) is 12.7. The number of alkyl carbamates (subject to hydrolysis) is 1. The van der Waals surface area contributed by atoms with Crippen LogP contribution < -0.4 is 10.1 Å². The SMILES string of the molecule is COCOc1ccc(CC(COC)(NC(=O)OCC2c3ccccc3-c3ccccc32)C(=O)O)cc1I. The lowest BCUT2D eigenvalue weighted by atomic mass is 9.91. The zero-order valence-electron chi connectivity index (χ0n) is 20.5. The van der Waals surface area contributed by atoms with Gasteiger partial charge in [-0.1, -0.05) is 54.6 Å². The van der Waals surface area contributed by atoms with E-state index in [4.69, 9.17) is 18.9 Å². The summed E-state index contributed by atoms with van der Waals surface area (Å²) >= 11 is 2.11. The molecular weight excluding hydrogens is 589 g/mol. The molecule has 0 fully saturated rings. The van der Waals surface area contributed by atoms with Crippen molar-refractivity contribution in [2.75, 3.05) is 34.2 Å². The minimum Gasteiger partial charge on any atom is -0.479 e. The fourth-order valence-corrected chi connectivity index (χ4v) is 5.38. The highest BCUT2D eigenvalue weighted by Gasteiger charge is 2.41. The predicted octanol–water partition coefficient (Wildman–Crippen LogP) is 4.82. The van der Waals surface area contributed by atoms with Crippen molar-refractivity contribution < 1.29 is 33.6 Å². The second kappa shape index (κ2) is 11.9. The number of carbonyl (C=O) groups excluding carboxylic acids is 1. The molecule has 1 aliphatic carbocycles. The van der Waals surface area contributed by atoms with E-state index in [2.05, 4.69) is 40.0 Å². The lowest BCUT2D eigenvalue weighted by Gasteiger charge is -2.30. The molecule has 0 radical (unpaired) electrons. The van der Waals surface area contributed by atoms with Crippen molar-refractivity contribution in [2.24, 2.45) is 0 Å². The Hall–Kier alpha value is -3.15. The Kier molecular flexibility index (Phi) is 8.67. The number of hydrogen-bond donors (Lipinski definition) is 2. The third kappa shape index (κ3) is 5.89. The van der Waals surface area contributed by atoms with E-state index in [-0.39, 0.29) is 32.3 Å². The van der Waals surface area contributed by atoms with Crippen LogP contribution in [0.3, 0.4) is 0 Å². The van der Waals surface area contributed by atoms with Crippen molar-refractivity contribution in [3.63, 3.8) is 0 Å². The summed E-state index contributed by atoms with van der Waals surface area (Å²) in [5.74, 6) is -0.748. The van der Waals surface area contributed by atoms with Crippen LogP contribution in [0.2, 0.25) is 0 Å². The topological polar surface area (TPSA) is 103 Å². The lowest BCUT2D eigenvalue weighted by Crippen LogP contribution is -2.59. The van der Waals surface area contributed by atoms with Gasteiger partial charge in [0, 0.05) is 26.6 Å². The Morgan fingerprint density at radius 3 is 2.19 bits per heavy atom. The summed E-state index contributed by atoms with van der Waals surface area (Å²) in [6.45, 7) is -0.0710. The van der Waals surface area contributed by atoms with Crippen molar-refractivity contribution in [3.05, 3.63) is 87.0 Å². The first-order chi connectivity index (χ1) is 17.9. The normalized spacial score (nSPS) is 13.8. The highest BCUT2D eigenvalue weighted by atomic mass is 127. The molecule has 0 heterocycles. The van der Waals surface area contributed by atoms with Gasteiger partial charge in [-0.05, 0) is 62.5 Å². The summed E-state index contributed by atoms with van der Waals surface area (Å²) in [5, 5.41) is 12.7. The largest absolute Gasteiger partial charge is 0.479 e. The molecule has 0 aliphatic heterocycles. The van der Waals surface area contributed by atoms with E-state index in [9.17, 15) is 14.7 Å². The molecule has 1 aliphatic rings. The first-order valence-electron chi connectivity index (χ1n) is 11.6. The van der Waals surface area contributed by atoms with Gasteiger partial charge in [-0.3, -0.25) is 0 Å². The van der Waals surface area contributed by atoms with Crippen molar-refractivity contribution >= 4 is 34.7 Å². The molecule has 3 aromatic carbocycles. The average molecular weight is 617 g/mol. The maximum Gasteiger partial charge on any atom is 0.408 e. The molecule has 1 unspecified atom stereocenters. The Bertz CT molecular complexity index is 1240. The summed E-state index contributed by atoms with van der Waals surface area (Å²) in [7, 11) is 2.92. The molecule has 0 spiro atoms. The molecule has 0 aromatic heterocycles. The monoisotopic (exact) mass is 617 g/mol. The van der Waals surface area contributed by atoms with Crippen molar-refractivity contribution in [1.29, 1.82) is 0 Å². The van der Waals surface area contributed by atoms with Crippen molar-refractivity contribution in [2.45, 2.75) is 17.9 Å². The zero-order valence-corrected chi connectivity index (χ0v) is 22.7. The third-order valence-electron chi connectivity index (χ3n) is 6.32. The highest BCUT2D eigenvalue weighted by molar-refractivity contribution is 14.1. The van der Waals surface area contributed by atoms with Crippen LogP contribution in [0.25, 0.3) is 11.1 Å². The van der Waals surface area contributed by atoms with Gasteiger partial charge in [0.1, 0.15) is 12.4 Å². The molecule has 3 aromatic rings. The summed E-state index contributed by atoms with van der Waals surface area (Å²) in [6.07, 6.45) is -0.836. The highest BCUT2D eigenvalue weighted by Crippen LogP contribution is 2.44. The van der Waals surface area contributed by atoms with Crippen LogP contribution in [-0.4, -0.2) is 56.9 Å². The molecule has 1 atom stereocenters. The summed E-state index contributed by atoms with van der Waals surface area (Å²) in [5.41, 5.74) is 3.33. The van der Waals surface area contributed by atoms with Gasteiger partial charge in [0.05, 0.1) is 10.2 Å². The average Bonchev–Trinajstić information content (AvgIpc) is 3.20. The minimum atomic E-state index is -1.73. The molecule has 4 rings (SSSR count). The fraction of sp³-hybridized carbons (Fsp3) is 0.286. The second-order valence-electron chi connectivity index (χ2n) is 8.76. The molecule has 2 N–H and O–H groups in total. The van der Waals surface area contributed by atoms with E-state index >= 15 is 0 Å². The van der Waals surface area contributed by atoms with Gasteiger partial charge in [0.25, 0.3) is 0 Å². The number of benzene rings is 3. The number of halogens is 1. The van der Waals surface area contributed by atoms with Gasteiger partial charge < -0.3 is 29.4 Å². The Labute approximate surface area is 229 Å².